The molecule has 0 aromatic carbocycles. The summed E-state index contributed by atoms with van der Waals surface area (Å²) in [6.07, 6.45) is 6.63. The van der Waals surface area contributed by atoms with E-state index in [1.165, 1.54) is 19.3 Å². The zero-order chi connectivity index (χ0) is 13.8. The average Bonchev–Trinajstić information content (AvgIpc) is 2.82. The molecule has 2 aliphatic rings. The number of carbonyl (C=O) groups is 2. The monoisotopic (exact) mass is 267 g/mol. The molecule has 4 unspecified atom stereocenters. The SMILES string of the molecule is CC1CCC(CNC(=O)C2CCCC(C(=O)O)C2)C1. The van der Waals surface area contributed by atoms with Crippen LogP contribution in [0.5, 0.6) is 0 Å². The highest BCUT2D eigenvalue weighted by Crippen LogP contribution is 2.31. The molecule has 0 radical (unpaired) electrons. The van der Waals surface area contributed by atoms with E-state index in [1.807, 2.05) is 0 Å². The van der Waals surface area contributed by atoms with Crippen molar-refractivity contribution in [3.63, 3.8) is 0 Å². The Hall–Kier alpha value is -1.06. The molecular weight excluding hydrogens is 242 g/mol. The first kappa shape index (κ1) is 14.4. The fourth-order valence-corrected chi connectivity index (χ4v) is 3.55. The highest BCUT2D eigenvalue weighted by Gasteiger charge is 2.31. The number of aliphatic carboxylic acids is 1. The minimum atomic E-state index is -0.748. The van der Waals surface area contributed by atoms with Crippen LogP contribution in [0.3, 0.4) is 0 Å². The second kappa shape index (κ2) is 6.40. The highest BCUT2D eigenvalue weighted by molar-refractivity contribution is 5.80. The first-order valence-corrected chi connectivity index (χ1v) is 7.56. The molecule has 2 rings (SSSR count). The van der Waals surface area contributed by atoms with E-state index in [9.17, 15) is 9.59 Å². The predicted octanol–water partition coefficient (Wildman–Crippen LogP) is 2.43. The van der Waals surface area contributed by atoms with Gasteiger partial charge in [0.25, 0.3) is 0 Å². The van der Waals surface area contributed by atoms with Gasteiger partial charge in [0.05, 0.1) is 5.92 Å². The molecule has 0 aromatic rings. The maximum Gasteiger partial charge on any atom is 0.306 e. The van der Waals surface area contributed by atoms with Crippen LogP contribution < -0.4 is 5.32 Å². The summed E-state index contributed by atoms with van der Waals surface area (Å²) < 4.78 is 0. The molecule has 2 saturated carbocycles. The number of nitrogens with one attached hydrogen (secondary N) is 1. The van der Waals surface area contributed by atoms with E-state index in [0.29, 0.717) is 12.3 Å². The van der Waals surface area contributed by atoms with Crippen molar-refractivity contribution < 1.29 is 14.7 Å². The topological polar surface area (TPSA) is 66.4 Å². The lowest BCUT2D eigenvalue weighted by molar-refractivity contribution is -0.144. The summed E-state index contributed by atoms with van der Waals surface area (Å²) in [5.41, 5.74) is 0. The normalized spacial score (nSPS) is 35.0. The van der Waals surface area contributed by atoms with Gasteiger partial charge < -0.3 is 10.4 Å². The van der Waals surface area contributed by atoms with Crippen LogP contribution in [-0.2, 0) is 9.59 Å². The molecule has 2 N–H and O–H groups in total. The van der Waals surface area contributed by atoms with Gasteiger partial charge in [0.2, 0.25) is 5.91 Å². The number of carboxylic acid groups (broad SMARTS) is 1. The Bertz CT molecular complexity index is 342. The van der Waals surface area contributed by atoms with Crippen LogP contribution in [0.1, 0.15) is 51.9 Å². The van der Waals surface area contributed by atoms with Crippen LogP contribution in [-0.4, -0.2) is 23.5 Å². The van der Waals surface area contributed by atoms with Crippen LogP contribution >= 0.6 is 0 Å². The summed E-state index contributed by atoms with van der Waals surface area (Å²) in [5, 5.41) is 12.1. The van der Waals surface area contributed by atoms with Crippen molar-refractivity contribution in [1.82, 2.24) is 5.32 Å². The molecule has 0 bridgehead atoms. The molecule has 19 heavy (non-hydrogen) atoms. The van der Waals surface area contributed by atoms with Gasteiger partial charge in [-0.15, -0.1) is 0 Å². The van der Waals surface area contributed by atoms with Gasteiger partial charge in [-0.3, -0.25) is 9.59 Å². The van der Waals surface area contributed by atoms with E-state index in [1.54, 1.807) is 0 Å². The molecule has 0 heterocycles. The maximum atomic E-state index is 12.1. The van der Waals surface area contributed by atoms with Gasteiger partial charge in [-0.05, 0) is 43.9 Å². The Labute approximate surface area is 115 Å². The Morgan fingerprint density at radius 3 is 2.47 bits per heavy atom. The second-order valence-corrected chi connectivity index (χ2v) is 6.43. The molecule has 2 aliphatic carbocycles. The van der Waals surface area contributed by atoms with Crippen molar-refractivity contribution in [1.29, 1.82) is 0 Å². The molecule has 0 aliphatic heterocycles. The average molecular weight is 267 g/mol. The number of carbonyl (C=O) groups excluding carboxylic acids is 1. The molecule has 0 saturated heterocycles. The van der Waals surface area contributed by atoms with E-state index >= 15 is 0 Å². The lowest BCUT2D eigenvalue weighted by Gasteiger charge is -2.26. The molecule has 108 valence electrons. The van der Waals surface area contributed by atoms with E-state index < -0.39 is 5.97 Å². The zero-order valence-electron chi connectivity index (χ0n) is 11.7. The predicted molar refractivity (Wildman–Crippen MR) is 72.6 cm³/mol. The summed E-state index contributed by atoms with van der Waals surface area (Å²) in [4.78, 5) is 23.1. The lowest BCUT2D eigenvalue weighted by Crippen LogP contribution is -2.37. The third-order valence-electron chi connectivity index (χ3n) is 4.76. The van der Waals surface area contributed by atoms with E-state index in [2.05, 4.69) is 12.2 Å². The third kappa shape index (κ3) is 3.95. The highest BCUT2D eigenvalue weighted by atomic mass is 16.4. The zero-order valence-corrected chi connectivity index (χ0v) is 11.7. The van der Waals surface area contributed by atoms with Crippen molar-refractivity contribution in [2.75, 3.05) is 6.54 Å². The summed E-state index contributed by atoms with van der Waals surface area (Å²) >= 11 is 0. The second-order valence-electron chi connectivity index (χ2n) is 6.43. The van der Waals surface area contributed by atoms with Gasteiger partial charge in [-0.25, -0.2) is 0 Å². The maximum absolute atomic E-state index is 12.1. The van der Waals surface area contributed by atoms with Gasteiger partial charge in [0, 0.05) is 12.5 Å². The van der Waals surface area contributed by atoms with Crippen LogP contribution in [0.25, 0.3) is 0 Å². The molecule has 2 fully saturated rings. The molecule has 4 nitrogen and oxygen atoms in total. The third-order valence-corrected chi connectivity index (χ3v) is 4.76. The molecule has 0 aromatic heterocycles. The molecular formula is C15H25NO3. The summed E-state index contributed by atoms with van der Waals surface area (Å²) in [6, 6.07) is 0. The van der Waals surface area contributed by atoms with Crippen molar-refractivity contribution in [3.05, 3.63) is 0 Å². The van der Waals surface area contributed by atoms with Crippen LogP contribution in [0.2, 0.25) is 0 Å². The lowest BCUT2D eigenvalue weighted by atomic mass is 9.81. The van der Waals surface area contributed by atoms with Gasteiger partial charge in [-0.2, -0.15) is 0 Å². The van der Waals surface area contributed by atoms with Gasteiger partial charge in [0.15, 0.2) is 0 Å². The Morgan fingerprint density at radius 2 is 1.84 bits per heavy atom. The fourth-order valence-electron chi connectivity index (χ4n) is 3.55. The number of hydrogen-bond donors (Lipinski definition) is 2. The Morgan fingerprint density at radius 1 is 1.11 bits per heavy atom. The summed E-state index contributed by atoms with van der Waals surface area (Å²) in [7, 11) is 0. The first-order valence-electron chi connectivity index (χ1n) is 7.56. The van der Waals surface area contributed by atoms with Crippen molar-refractivity contribution in [2.45, 2.75) is 51.9 Å². The standard InChI is InChI=1S/C15H25NO3/c1-10-5-6-11(7-10)9-16-14(17)12-3-2-4-13(8-12)15(18)19/h10-13H,2-9H2,1H3,(H,16,17)(H,18,19). The van der Waals surface area contributed by atoms with Gasteiger partial charge >= 0.3 is 5.97 Å². The smallest absolute Gasteiger partial charge is 0.306 e. The Kier molecular flexibility index (Phi) is 4.83. The Balaban J connectivity index is 1.74. The van der Waals surface area contributed by atoms with Gasteiger partial charge in [0.1, 0.15) is 0 Å². The van der Waals surface area contributed by atoms with Crippen molar-refractivity contribution >= 4 is 11.9 Å². The fraction of sp³-hybridized carbons (Fsp3) is 0.867. The van der Waals surface area contributed by atoms with Crippen LogP contribution in [0, 0.1) is 23.7 Å². The number of hydrogen-bond acceptors (Lipinski definition) is 2. The molecule has 4 heteroatoms. The summed E-state index contributed by atoms with van der Waals surface area (Å²) in [6.45, 7) is 3.04. The molecule has 0 spiro atoms. The van der Waals surface area contributed by atoms with E-state index in [0.717, 1.165) is 31.7 Å². The quantitative estimate of drug-likeness (QED) is 0.822. The molecule has 4 atom stereocenters. The van der Waals surface area contributed by atoms with Crippen LogP contribution in [0.15, 0.2) is 0 Å². The minimum Gasteiger partial charge on any atom is -0.481 e. The summed E-state index contributed by atoms with van der Waals surface area (Å²) in [5.74, 6) is 0.322. The minimum absolute atomic E-state index is 0.0745. The van der Waals surface area contributed by atoms with Crippen molar-refractivity contribution in [3.8, 4) is 0 Å². The van der Waals surface area contributed by atoms with Crippen molar-refractivity contribution in [2.24, 2.45) is 23.7 Å². The number of carboxylic acids is 1. The number of amides is 1. The van der Waals surface area contributed by atoms with E-state index in [-0.39, 0.29) is 17.7 Å². The first-order chi connectivity index (χ1) is 9.06. The largest absolute Gasteiger partial charge is 0.481 e. The van der Waals surface area contributed by atoms with E-state index in [4.69, 9.17) is 5.11 Å². The molecule has 1 amide bonds. The number of rotatable bonds is 4. The van der Waals surface area contributed by atoms with Crippen LogP contribution in [0.4, 0.5) is 0 Å². The van der Waals surface area contributed by atoms with Gasteiger partial charge in [-0.1, -0.05) is 19.8 Å².